The highest BCUT2D eigenvalue weighted by Crippen LogP contribution is 2.22. The number of amides is 2. The molecule has 0 atom stereocenters. The van der Waals surface area contributed by atoms with Crippen LogP contribution in [0.5, 0.6) is 5.75 Å². The number of nitrogens with zero attached hydrogens (tertiary/aromatic N) is 2. The third-order valence-electron chi connectivity index (χ3n) is 4.59. The van der Waals surface area contributed by atoms with Gasteiger partial charge in [-0.1, -0.05) is 18.5 Å². The Morgan fingerprint density at radius 1 is 1.22 bits per heavy atom. The molecule has 1 aromatic carbocycles. The van der Waals surface area contributed by atoms with E-state index in [1.54, 1.807) is 6.07 Å². The standard InChI is InChI=1S/C20H30ClN3O3/c1-3-8-22-19(25)15-23-9-11-24(12-10-23)20(26)5-4-13-27-18-7-6-17(21)14-16(18)2/h6-7,14H,3-5,8-13,15H2,1-2H3,(H,22,25). The highest BCUT2D eigenvalue weighted by atomic mass is 35.5. The molecular formula is C20H30ClN3O3. The molecule has 0 aromatic heterocycles. The van der Waals surface area contributed by atoms with E-state index >= 15 is 0 Å². The maximum atomic E-state index is 12.3. The number of carbonyl (C=O) groups excluding carboxylic acids is 2. The van der Waals surface area contributed by atoms with Gasteiger partial charge in [0.2, 0.25) is 11.8 Å². The fourth-order valence-corrected chi connectivity index (χ4v) is 3.24. The van der Waals surface area contributed by atoms with Crippen molar-refractivity contribution in [1.82, 2.24) is 15.1 Å². The van der Waals surface area contributed by atoms with Crippen LogP contribution >= 0.6 is 11.6 Å². The predicted molar refractivity (Wildman–Crippen MR) is 107 cm³/mol. The maximum absolute atomic E-state index is 12.3. The Hall–Kier alpha value is -1.79. The zero-order valence-corrected chi connectivity index (χ0v) is 17.1. The van der Waals surface area contributed by atoms with Crippen LogP contribution in [0.25, 0.3) is 0 Å². The molecular weight excluding hydrogens is 366 g/mol. The minimum absolute atomic E-state index is 0.0614. The number of hydrogen-bond acceptors (Lipinski definition) is 4. The van der Waals surface area contributed by atoms with Crippen LogP contribution in [0.2, 0.25) is 5.02 Å². The van der Waals surface area contributed by atoms with Crippen molar-refractivity contribution in [3.05, 3.63) is 28.8 Å². The molecule has 2 rings (SSSR count). The first-order chi connectivity index (χ1) is 13.0. The van der Waals surface area contributed by atoms with E-state index in [1.807, 2.05) is 30.9 Å². The largest absolute Gasteiger partial charge is 0.493 e. The second-order valence-electron chi connectivity index (χ2n) is 6.87. The van der Waals surface area contributed by atoms with E-state index in [0.29, 0.717) is 44.1 Å². The predicted octanol–water partition coefficient (Wildman–Crippen LogP) is 2.48. The number of nitrogens with one attached hydrogen (secondary N) is 1. The van der Waals surface area contributed by atoms with Gasteiger partial charge in [-0.3, -0.25) is 14.5 Å². The van der Waals surface area contributed by atoms with Gasteiger partial charge in [0.25, 0.3) is 0 Å². The average molecular weight is 396 g/mol. The minimum atomic E-state index is 0.0614. The molecule has 0 spiro atoms. The lowest BCUT2D eigenvalue weighted by atomic mass is 10.2. The van der Waals surface area contributed by atoms with Gasteiger partial charge in [-0.2, -0.15) is 0 Å². The van der Waals surface area contributed by atoms with Crippen molar-refractivity contribution in [3.63, 3.8) is 0 Å². The van der Waals surface area contributed by atoms with Gasteiger partial charge in [-0.15, -0.1) is 0 Å². The molecule has 1 aliphatic rings. The lowest BCUT2D eigenvalue weighted by molar-refractivity contribution is -0.133. The summed E-state index contributed by atoms with van der Waals surface area (Å²) in [5.41, 5.74) is 0.993. The number of hydrogen-bond donors (Lipinski definition) is 1. The van der Waals surface area contributed by atoms with Gasteiger partial charge in [0.1, 0.15) is 5.75 Å². The van der Waals surface area contributed by atoms with E-state index < -0.39 is 0 Å². The smallest absolute Gasteiger partial charge is 0.234 e. The van der Waals surface area contributed by atoms with Crippen molar-refractivity contribution < 1.29 is 14.3 Å². The van der Waals surface area contributed by atoms with Crippen LogP contribution in [0.3, 0.4) is 0 Å². The van der Waals surface area contributed by atoms with E-state index in [4.69, 9.17) is 16.3 Å². The number of aryl methyl sites for hydroxylation is 1. The van der Waals surface area contributed by atoms with Crippen LogP contribution in [0, 0.1) is 6.92 Å². The zero-order chi connectivity index (χ0) is 19.6. The Kier molecular flexibility index (Phi) is 8.88. The van der Waals surface area contributed by atoms with Crippen molar-refractivity contribution in [2.24, 2.45) is 0 Å². The topological polar surface area (TPSA) is 61.9 Å². The third-order valence-corrected chi connectivity index (χ3v) is 4.83. The van der Waals surface area contributed by atoms with Crippen LogP contribution < -0.4 is 10.1 Å². The minimum Gasteiger partial charge on any atom is -0.493 e. The van der Waals surface area contributed by atoms with Crippen LogP contribution in [0.4, 0.5) is 0 Å². The lowest BCUT2D eigenvalue weighted by Crippen LogP contribution is -2.51. The normalized spacial score (nSPS) is 14.9. The first-order valence-electron chi connectivity index (χ1n) is 9.65. The number of halogens is 1. The van der Waals surface area contributed by atoms with E-state index in [1.165, 1.54) is 0 Å². The van der Waals surface area contributed by atoms with Crippen LogP contribution in [-0.2, 0) is 9.59 Å². The van der Waals surface area contributed by atoms with Gasteiger partial charge in [-0.25, -0.2) is 0 Å². The number of rotatable bonds is 9. The van der Waals surface area contributed by atoms with Gasteiger partial charge < -0.3 is 15.0 Å². The summed E-state index contributed by atoms with van der Waals surface area (Å²) in [7, 11) is 0. The quantitative estimate of drug-likeness (QED) is 0.652. The van der Waals surface area contributed by atoms with Crippen LogP contribution in [0.1, 0.15) is 31.7 Å². The monoisotopic (exact) mass is 395 g/mol. The van der Waals surface area contributed by atoms with E-state index in [9.17, 15) is 9.59 Å². The number of benzene rings is 1. The summed E-state index contributed by atoms with van der Waals surface area (Å²) < 4.78 is 5.74. The molecule has 0 bridgehead atoms. The second-order valence-corrected chi connectivity index (χ2v) is 7.31. The van der Waals surface area contributed by atoms with E-state index in [-0.39, 0.29) is 11.8 Å². The summed E-state index contributed by atoms with van der Waals surface area (Å²) in [4.78, 5) is 28.1. The SMILES string of the molecule is CCCNC(=O)CN1CCN(C(=O)CCCOc2ccc(Cl)cc2C)CC1. The summed E-state index contributed by atoms with van der Waals surface area (Å²) in [5.74, 6) is 1.02. The fourth-order valence-electron chi connectivity index (χ4n) is 3.02. The molecule has 0 unspecified atom stereocenters. The number of ether oxygens (including phenoxy) is 1. The summed E-state index contributed by atoms with van der Waals surface area (Å²) in [6.07, 6.45) is 2.10. The molecule has 6 nitrogen and oxygen atoms in total. The highest BCUT2D eigenvalue weighted by molar-refractivity contribution is 6.30. The Labute approximate surface area is 166 Å². The van der Waals surface area contributed by atoms with Crippen molar-refractivity contribution in [1.29, 1.82) is 0 Å². The number of piperazine rings is 1. The van der Waals surface area contributed by atoms with Gasteiger partial charge in [0.05, 0.1) is 13.2 Å². The molecule has 1 saturated heterocycles. The first kappa shape index (κ1) is 21.5. The van der Waals surface area contributed by atoms with Gasteiger partial charge in [0, 0.05) is 44.2 Å². The van der Waals surface area contributed by atoms with Crippen molar-refractivity contribution in [2.75, 3.05) is 45.9 Å². The summed E-state index contributed by atoms with van der Waals surface area (Å²) in [6.45, 7) is 8.46. The van der Waals surface area contributed by atoms with Crippen LogP contribution in [0.15, 0.2) is 18.2 Å². The molecule has 1 fully saturated rings. The lowest BCUT2D eigenvalue weighted by Gasteiger charge is -2.34. The molecule has 1 aliphatic heterocycles. The van der Waals surface area contributed by atoms with E-state index in [0.717, 1.165) is 37.4 Å². The third kappa shape index (κ3) is 7.39. The van der Waals surface area contributed by atoms with Crippen LogP contribution in [-0.4, -0.2) is 67.5 Å². The van der Waals surface area contributed by atoms with Gasteiger partial charge >= 0.3 is 0 Å². The first-order valence-corrected chi connectivity index (χ1v) is 10.0. The van der Waals surface area contributed by atoms with Gasteiger partial charge in [-0.05, 0) is 43.5 Å². The summed E-state index contributed by atoms with van der Waals surface area (Å²) >= 11 is 5.93. The Morgan fingerprint density at radius 2 is 1.96 bits per heavy atom. The molecule has 0 saturated carbocycles. The molecule has 150 valence electrons. The highest BCUT2D eigenvalue weighted by Gasteiger charge is 2.21. The van der Waals surface area contributed by atoms with E-state index in [2.05, 4.69) is 10.2 Å². The Morgan fingerprint density at radius 3 is 2.63 bits per heavy atom. The second kappa shape index (κ2) is 11.1. The fraction of sp³-hybridized carbons (Fsp3) is 0.600. The van der Waals surface area contributed by atoms with Crippen molar-refractivity contribution in [2.45, 2.75) is 33.1 Å². The van der Waals surface area contributed by atoms with Crippen molar-refractivity contribution >= 4 is 23.4 Å². The summed E-state index contributed by atoms with van der Waals surface area (Å²) in [5, 5.41) is 3.58. The molecule has 2 amide bonds. The average Bonchev–Trinajstić information content (AvgIpc) is 2.65. The molecule has 0 aliphatic carbocycles. The molecule has 27 heavy (non-hydrogen) atoms. The summed E-state index contributed by atoms with van der Waals surface area (Å²) in [6, 6.07) is 5.52. The Bertz CT molecular complexity index is 631. The number of carbonyl (C=O) groups is 2. The molecule has 7 heteroatoms. The zero-order valence-electron chi connectivity index (χ0n) is 16.3. The molecule has 1 aromatic rings. The molecule has 0 radical (unpaired) electrons. The molecule has 1 heterocycles. The Balaban J connectivity index is 1.62. The van der Waals surface area contributed by atoms with Crippen molar-refractivity contribution in [3.8, 4) is 5.75 Å². The maximum Gasteiger partial charge on any atom is 0.234 e. The van der Waals surface area contributed by atoms with Gasteiger partial charge in [0.15, 0.2) is 0 Å². The molecule has 1 N–H and O–H groups in total.